The first-order valence-electron chi connectivity index (χ1n) is 8.94. The van der Waals surface area contributed by atoms with Crippen LogP contribution in [0.15, 0.2) is 40.2 Å². The molecular formula is C20H29NO5S. The Morgan fingerprint density at radius 1 is 1.22 bits per heavy atom. The van der Waals surface area contributed by atoms with Gasteiger partial charge in [-0.3, -0.25) is 9.69 Å². The third kappa shape index (κ3) is 3.71. The third-order valence-electron chi connectivity index (χ3n) is 4.84. The van der Waals surface area contributed by atoms with Gasteiger partial charge in [0.25, 0.3) is 0 Å². The lowest BCUT2D eigenvalue weighted by Gasteiger charge is -2.46. The number of hydrogen-bond acceptors (Lipinski definition) is 7. The highest BCUT2D eigenvalue weighted by Gasteiger charge is 2.55. The average molecular weight is 396 g/mol. The van der Waals surface area contributed by atoms with Gasteiger partial charge in [-0.1, -0.05) is 13.3 Å². The van der Waals surface area contributed by atoms with Crippen LogP contribution >= 0.6 is 11.3 Å². The second-order valence-electron chi connectivity index (χ2n) is 6.47. The monoisotopic (exact) mass is 395 g/mol. The van der Waals surface area contributed by atoms with Gasteiger partial charge in [-0.15, -0.1) is 0 Å². The highest BCUT2D eigenvalue weighted by atomic mass is 32.1. The number of methoxy groups -OCH3 is 3. The van der Waals surface area contributed by atoms with Crippen molar-refractivity contribution in [1.29, 1.82) is 0 Å². The standard InChI is InChI=1S/C20H29NO5S/c1-7-8-10-26-19(22)15-12-16(23-4)17(24-5)18(25-6)20(15,21(2)3)14-9-11-27-13-14/h9,11-13,15H,7-8,10H2,1-6H3. The summed E-state index contributed by atoms with van der Waals surface area (Å²) in [6.45, 7) is 2.45. The number of carbonyl (C=O) groups excluding carboxylic acids is 1. The average Bonchev–Trinajstić information content (AvgIpc) is 3.20. The van der Waals surface area contributed by atoms with Gasteiger partial charge >= 0.3 is 5.97 Å². The first-order valence-corrected chi connectivity index (χ1v) is 9.88. The molecule has 7 heteroatoms. The molecule has 1 aromatic rings. The maximum Gasteiger partial charge on any atom is 0.315 e. The molecule has 0 saturated carbocycles. The second kappa shape index (κ2) is 9.28. The van der Waals surface area contributed by atoms with Crippen LogP contribution in [-0.2, 0) is 29.3 Å². The fourth-order valence-electron chi connectivity index (χ4n) is 3.55. The molecule has 1 heterocycles. The Kier molecular flexibility index (Phi) is 7.33. The highest BCUT2D eigenvalue weighted by Crippen LogP contribution is 2.49. The summed E-state index contributed by atoms with van der Waals surface area (Å²) in [6.07, 6.45) is 3.55. The Bertz CT molecular complexity index is 695. The van der Waals surface area contributed by atoms with Crippen molar-refractivity contribution in [3.63, 3.8) is 0 Å². The van der Waals surface area contributed by atoms with Crippen LogP contribution in [0.5, 0.6) is 0 Å². The maximum absolute atomic E-state index is 13.1. The lowest BCUT2D eigenvalue weighted by atomic mass is 9.72. The topological polar surface area (TPSA) is 57.2 Å². The summed E-state index contributed by atoms with van der Waals surface area (Å²) in [5, 5.41) is 4.00. The lowest BCUT2D eigenvalue weighted by Crippen LogP contribution is -2.54. The summed E-state index contributed by atoms with van der Waals surface area (Å²) < 4.78 is 22.5. The SMILES string of the molecule is CCCCOC(=O)C1C=C(OC)C(OC)=C(OC)C1(c1ccsc1)N(C)C. The fourth-order valence-corrected chi connectivity index (χ4v) is 4.26. The smallest absolute Gasteiger partial charge is 0.315 e. The molecule has 6 nitrogen and oxygen atoms in total. The van der Waals surface area contributed by atoms with Crippen molar-refractivity contribution < 1.29 is 23.7 Å². The molecule has 2 unspecified atom stereocenters. The number of hydrogen-bond donors (Lipinski definition) is 0. The molecule has 2 atom stereocenters. The van der Waals surface area contributed by atoms with E-state index >= 15 is 0 Å². The molecule has 150 valence electrons. The molecule has 0 aromatic carbocycles. The van der Waals surface area contributed by atoms with Crippen LogP contribution in [-0.4, -0.2) is 52.9 Å². The van der Waals surface area contributed by atoms with Gasteiger partial charge in [-0.25, -0.2) is 0 Å². The summed E-state index contributed by atoms with van der Waals surface area (Å²) in [5.41, 5.74) is 0.0403. The Labute approximate surface area is 165 Å². The van der Waals surface area contributed by atoms with Gasteiger partial charge in [0.15, 0.2) is 11.5 Å². The quantitative estimate of drug-likeness (QED) is 0.471. The van der Waals surface area contributed by atoms with Crippen molar-refractivity contribution >= 4 is 17.3 Å². The van der Waals surface area contributed by atoms with E-state index in [1.165, 1.54) is 0 Å². The molecule has 1 aliphatic carbocycles. The van der Waals surface area contributed by atoms with Crippen molar-refractivity contribution in [2.75, 3.05) is 42.0 Å². The number of carbonyl (C=O) groups is 1. The minimum atomic E-state index is -0.897. The van der Waals surface area contributed by atoms with Crippen LogP contribution in [0, 0.1) is 5.92 Å². The number of nitrogens with zero attached hydrogens (tertiary/aromatic N) is 1. The summed E-state index contributed by atoms with van der Waals surface area (Å²) in [4.78, 5) is 15.1. The normalized spacial score (nSPS) is 22.5. The summed E-state index contributed by atoms with van der Waals surface area (Å²) in [5.74, 6) is 0.479. The molecule has 0 bridgehead atoms. The van der Waals surface area contributed by atoms with E-state index in [2.05, 4.69) is 6.92 Å². The van der Waals surface area contributed by atoms with E-state index in [1.54, 1.807) is 38.7 Å². The van der Waals surface area contributed by atoms with Crippen LogP contribution in [0.25, 0.3) is 0 Å². The van der Waals surface area contributed by atoms with E-state index in [-0.39, 0.29) is 5.97 Å². The number of esters is 1. The first kappa shape index (κ1) is 21.3. The minimum absolute atomic E-state index is 0.317. The molecule has 0 fully saturated rings. The Morgan fingerprint density at radius 2 is 1.96 bits per heavy atom. The van der Waals surface area contributed by atoms with Crippen molar-refractivity contribution in [2.24, 2.45) is 5.92 Å². The Balaban J connectivity index is 2.68. The van der Waals surface area contributed by atoms with E-state index in [9.17, 15) is 4.79 Å². The molecule has 0 amide bonds. The molecular weight excluding hydrogens is 366 g/mol. The fraction of sp³-hybridized carbons (Fsp3) is 0.550. The Morgan fingerprint density at radius 3 is 2.44 bits per heavy atom. The predicted octanol–water partition coefficient (Wildman–Crippen LogP) is 3.51. The van der Waals surface area contributed by atoms with E-state index in [0.717, 1.165) is 18.4 Å². The molecule has 0 spiro atoms. The molecule has 0 N–H and O–H groups in total. The zero-order valence-corrected chi connectivity index (χ0v) is 17.7. The van der Waals surface area contributed by atoms with Crippen LogP contribution < -0.4 is 0 Å². The van der Waals surface area contributed by atoms with E-state index in [1.807, 2.05) is 35.8 Å². The van der Waals surface area contributed by atoms with Crippen molar-refractivity contribution in [2.45, 2.75) is 25.3 Å². The lowest BCUT2D eigenvalue weighted by molar-refractivity contribution is -0.152. The van der Waals surface area contributed by atoms with Crippen molar-refractivity contribution in [3.05, 3.63) is 45.7 Å². The van der Waals surface area contributed by atoms with E-state index in [4.69, 9.17) is 18.9 Å². The summed E-state index contributed by atoms with van der Waals surface area (Å²) >= 11 is 1.56. The Hall–Kier alpha value is -1.99. The molecule has 0 saturated heterocycles. The molecule has 2 rings (SSSR count). The van der Waals surface area contributed by atoms with Gasteiger partial charge < -0.3 is 18.9 Å². The van der Waals surface area contributed by atoms with Gasteiger partial charge in [0.1, 0.15) is 11.5 Å². The van der Waals surface area contributed by atoms with Gasteiger partial charge in [-0.05, 0) is 49.0 Å². The number of ether oxygens (including phenoxy) is 4. The van der Waals surface area contributed by atoms with E-state index < -0.39 is 11.5 Å². The molecule has 0 radical (unpaired) electrons. The largest absolute Gasteiger partial charge is 0.495 e. The van der Waals surface area contributed by atoms with E-state index in [0.29, 0.717) is 23.9 Å². The first-order chi connectivity index (χ1) is 13.0. The van der Waals surface area contributed by atoms with Crippen LogP contribution in [0.3, 0.4) is 0 Å². The second-order valence-corrected chi connectivity index (χ2v) is 7.25. The zero-order valence-electron chi connectivity index (χ0n) is 16.9. The third-order valence-corrected chi connectivity index (χ3v) is 5.52. The van der Waals surface area contributed by atoms with Crippen molar-refractivity contribution in [1.82, 2.24) is 4.90 Å². The molecule has 0 aliphatic heterocycles. The number of unbranched alkanes of at least 4 members (excludes halogenated alkanes) is 1. The van der Waals surface area contributed by atoms with Gasteiger partial charge in [-0.2, -0.15) is 11.3 Å². The molecule has 1 aromatic heterocycles. The zero-order chi connectivity index (χ0) is 20.0. The molecule has 1 aliphatic rings. The summed E-state index contributed by atoms with van der Waals surface area (Å²) in [6, 6.07) is 1.99. The highest BCUT2D eigenvalue weighted by molar-refractivity contribution is 7.08. The van der Waals surface area contributed by atoms with Crippen LogP contribution in [0.2, 0.25) is 0 Å². The predicted molar refractivity (Wildman–Crippen MR) is 105 cm³/mol. The number of rotatable bonds is 9. The minimum Gasteiger partial charge on any atom is -0.495 e. The maximum atomic E-state index is 13.1. The van der Waals surface area contributed by atoms with Crippen LogP contribution in [0.4, 0.5) is 0 Å². The van der Waals surface area contributed by atoms with Gasteiger partial charge in [0.05, 0.1) is 27.9 Å². The molecule has 27 heavy (non-hydrogen) atoms. The van der Waals surface area contributed by atoms with Crippen molar-refractivity contribution in [3.8, 4) is 0 Å². The van der Waals surface area contributed by atoms with Crippen LogP contribution in [0.1, 0.15) is 25.3 Å². The summed E-state index contributed by atoms with van der Waals surface area (Å²) in [7, 11) is 8.53. The van der Waals surface area contributed by atoms with Gasteiger partial charge in [0.2, 0.25) is 5.76 Å². The number of likely N-dealkylation sites (N-methyl/N-ethyl adjacent to an activating group) is 1. The number of thiophene rings is 1. The van der Waals surface area contributed by atoms with Gasteiger partial charge in [0, 0.05) is 0 Å².